The molecule has 0 atom stereocenters. The Balaban J connectivity index is 2.37. The molecule has 0 bridgehead atoms. The molecule has 1 aromatic heterocycles. The quantitative estimate of drug-likeness (QED) is 0.840. The molecule has 1 aromatic carbocycles. The fourth-order valence-corrected chi connectivity index (χ4v) is 2.43. The van der Waals surface area contributed by atoms with Crippen LogP contribution >= 0.6 is 27.7 Å². The molecule has 2 rings (SSSR count). The summed E-state index contributed by atoms with van der Waals surface area (Å²) in [5.41, 5.74) is 6.37. The van der Waals surface area contributed by atoms with Crippen LogP contribution in [0, 0.1) is 18.6 Å². The Morgan fingerprint density at radius 3 is 2.39 bits per heavy atom. The smallest absolute Gasteiger partial charge is 0.142 e. The van der Waals surface area contributed by atoms with Gasteiger partial charge in [0.25, 0.3) is 0 Å². The summed E-state index contributed by atoms with van der Waals surface area (Å²) in [5.74, 6) is -1.36. The third kappa shape index (κ3) is 2.81. The Morgan fingerprint density at radius 1 is 1.22 bits per heavy atom. The van der Waals surface area contributed by atoms with Crippen LogP contribution in [0.15, 0.2) is 38.8 Å². The van der Waals surface area contributed by atoms with Gasteiger partial charge in [-0.05, 0) is 46.6 Å². The van der Waals surface area contributed by atoms with Gasteiger partial charge in [0, 0.05) is 16.4 Å². The molecule has 2 nitrogen and oxygen atoms in total. The van der Waals surface area contributed by atoms with Crippen molar-refractivity contribution in [2.75, 3.05) is 5.73 Å². The third-order valence-corrected chi connectivity index (χ3v) is 4.11. The van der Waals surface area contributed by atoms with Crippen molar-refractivity contribution in [3.8, 4) is 0 Å². The van der Waals surface area contributed by atoms with Gasteiger partial charge in [0.1, 0.15) is 16.7 Å². The van der Waals surface area contributed by atoms with E-state index in [1.54, 1.807) is 12.3 Å². The molecule has 0 aliphatic heterocycles. The van der Waals surface area contributed by atoms with Crippen LogP contribution in [0.5, 0.6) is 0 Å². The van der Waals surface area contributed by atoms with Crippen LogP contribution in [-0.2, 0) is 0 Å². The normalized spacial score (nSPS) is 10.7. The molecule has 0 saturated heterocycles. The maximum Gasteiger partial charge on any atom is 0.142 e. The first kappa shape index (κ1) is 13.3. The number of pyridine rings is 1. The summed E-state index contributed by atoms with van der Waals surface area (Å²) in [6.45, 7) is 1.88. The van der Waals surface area contributed by atoms with E-state index >= 15 is 0 Å². The Kier molecular flexibility index (Phi) is 3.87. The molecule has 2 N–H and O–H groups in total. The van der Waals surface area contributed by atoms with Crippen LogP contribution in [0.25, 0.3) is 0 Å². The summed E-state index contributed by atoms with van der Waals surface area (Å²) in [6, 6.07) is 3.94. The highest BCUT2D eigenvalue weighted by Crippen LogP contribution is 2.33. The first-order valence-electron chi connectivity index (χ1n) is 5.02. The predicted molar refractivity (Wildman–Crippen MR) is 71.6 cm³/mol. The Labute approximate surface area is 116 Å². The molecule has 1 heterocycles. The standard InChI is InChI=1S/C12H9BrF2N2S/c1-6-2-11(17-5-8(6)13)18-12-9(14)3-7(16)4-10(12)15/h2-5H,16H2,1H3. The lowest BCUT2D eigenvalue weighted by molar-refractivity contribution is 0.541. The first-order chi connectivity index (χ1) is 8.47. The molecule has 0 radical (unpaired) electrons. The van der Waals surface area contributed by atoms with Gasteiger partial charge in [-0.2, -0.15) is 0 Å². The molecule has 6 heteroatoms. The summed E-state index contributed by atoms with van der Waals surface area (Å²) < 4.78 is 28.0. The molecule has 0 amide bonds. The van der Waals surface area contributed by atoms with Gasteiger partial charge in [-0.1, -0.05) is 11.8 Å². The van der Waals surface area contributed by atoms with Gasteiger partial charge in [-0.25, -0.2) is 13.8 Å². The average molecular weight is 331 g/mol. The van der Waals surface area contributed by atoms with Crippen LogP contribution in [0.4, 0.5) is 14.5 Å². The number of rotatable bonds is 2. The zero-order valence-corrected chi connectivity index (χ0v) is 11.8. The zero-order chi connectivity index (χ0) is 13.3. The van der Waals surface area contributed by atoms with E-state index in [2.05, 4.69) is 20.9 Å². The number of nitrogens with two attached hydrogens (primary N) is 1. The highest BCUT2D eigenvalue weighted by atomic mass is 79.9. The molecule has 0 aliphatic rings. The Morgan fingerprint density at radius 2 is 1.83 bits per heavy atom. The number of hydrogen-bond donors (Lipinski definition) is 1. The fourth-order valence-electron chi connectivity index (χ4n) is 1.35. The van der Waals surface area contributed by atoms with E-state index in [0.29, 0.717) is 5.03 Å². The van der Waals surface area contributed by atoms with Crippen LogP contribution in [0.3, 0.4) is 0 Å². The third-order valence-electron chi connectivity index (χ3n) is 2.25. The maximum atomic E-state index is 13.6. The minimum Gasteiger partial charge on any atom is -0.399 e. The molecular formula is C12H9BrF2N2S. The minimum atomic E-state index is -0.681. The predicted octanol–water partition coefficient (Wildman–Crippen LogP) is 4.16. The average Bonchev–Trinajstić information content (AvgIpc) is 2.28. The van der Waals surface area contributed by atoms with Crippen molar-refractivity contribution in [1.82, 2.24) is 4.98 Å². The number of aryl methyl sites for hydroxylation is 1. The number of nitrogens with zero attached hydrogens (tertiary/aromatic N) is 1. The monoisotopic (exact) mass is 330 g/mol. The second-order valence-electron chi connectivity index (χ2n) is 3.69. The summed E-state index contributed by atoms with van der Waals surface area (Å²) in [4.78, 5) is 3.99. The summed E-state index contributed by atoms with van der Waals surface area (Å²) in [6.07, 6.45) is 1.60. The van der Waals surface area contributed by atoms with Crippen LogP contribution in [0.2, 0.25) is 0 Å². The number of nitrogen functional groups attached to an aromatic ring is 1. The van der Waals surface area contributed by atoms with Gasteiger partial charge >= 0.3 is 0 Å². The van der Waals surface area contributed by atoms with Gasteiger partial charge in [-0.3, -0.25) is 0 Å². The van der Waals surface area contributed by atoms with E-state index in [9.17, 15) is 8.78 Å². The lowest BCUT2D eigenvalue weighted by Crippen LogP contribution is -1.94. The topological polar surface area (TPSA) is 38.9 Å². The lowest BCUT2D eigenvalue weighted by Gasteiger charge is -2.06. The number of hydrogen-bond acceptors (Lipinski definition) is 3. The molecule has 0 aliphatic carbocycles. The molecule has 0 saturated carbocycles. The van der Waals surface area contributed by atoms with E-state index < -0.39 is 11.6 Å². The summed E-state index contributed by atoms with van der Waals surface area (Å²) >= 11 is 4.25. The minimum absolute atomic E-state index is 0.0642. The van der Waals surface area contributed by atoms with Crippen molar-refractivity contribution in [2.45, 2.75) is 16.8 Å². The van der Waals surface area contributed by atoms with E-state index in [0.717, 1.165) is 33.9 Å². The van der Waals surface area contributed by atoms with Gasteiger partial charge in [0.2, 0.25) is 0 Å². The molecule has 18 heavy (non-hydrogen) atoms. The first-order valence-corrected chi connectivity index (χ1v) is 6.63. The molecular weight excluding hydrogens is 322 g/mol. The molecule has 0 unspecified atom stereocenters. The summed E-state index contributed by atoms with van der Waals surface area (Å²) in [5, 5.41) is 0.526. The number of halogens is 3. The maximum absolute atomic E-state index is 13.6. The van der Waals surface area contributed by atoms with Crippen molar-refractivity contribution >= 4 is 33.4 Å². The number of aromatic nitrogens is 1. The largest absolute Gasteiger partial charge is 0.399 e. The highest BCUT2D eigenvalue weighted by molar-refractivity contribution is 9.10. The van der Waals surface area contributed by atoms with Crippen molar-refractivity contribution < 1.29 is 8.78 Å². The van der Waals surface area contributed by atoms with Crippen molar-refractivity contribution in [3.05, 3.63) is 46.1 Å². The number of benzene rings is 1. The number of anilines is 1. The fraction of sp³-hybridized carbons (Fsp3) is 0.0833. The van der Waals surface area contributed by atoms with Crippen molar-refractivity contribution in [1.29, 1.82) is 0 Å². The molecule has 94 valence electrons. The van der Waals surface area contributed by atoms with Gasteiger partial charge < -0.3 is 5.73 Å². The highest BCUT2D eigenvalue weighted by Gasteiger charge is 2.13. The van der Waals surface area contributed by atoms with E-state index in [-0.39, 0.29) is 10.6 Å². The van der Waals surface area contributed by atoms with Gasteiger partial charge in [0.05, 0.1) is 4.90 Å². The molecule has 2 aromatic rings. The van der Waals surface area contributed by atoms with E-state index in [1.807, 2.05) is 6.92 Å². The Hall–Kier alpha value is -1.14. The van der Waals surface area contributed by atoms with Crippen LogP contribution < -0.4 is 5.73 Å². The van der Waals surface area contributed by atoms with Crippen molar-refractivity contribution in [3.63, 3.8) is 0 Å². The van der Waals surface area contributed by atoms with Gasteiger partial charge in [-0.15, -0.1) is 0 Å². The van der Waals surface area contributed by atoms with E-state index in [4.69, 9.17) is 5.73 Å². The van der Waals surface area contributed by atoms with E-state index in [1.165, 1.54) is 0 Å². The molecule has 0 fully saturated rings. The zero-order valence-electron chi connectivity index (χ0n) is 9.38. The van der Waals surface area contributed by atoms with Crippen LogP contribution in [0.1, 0.15) is 5.56 Å². The second kappa shape index (κ2) is 5.24. The summed E-state index contributed by atoms with van der Waals surface area (Å²) in [7, 11) is 0. The van der Waals surface area contributed by atoms with Crippen LogP contribution in [-0.4, -0.2) is 4.98 Å². The second-order valence-corrected chi connectivity index (χ2v) is 5.57. The lowest BCUT2D eigenvalue weighted by atomic mass is 10.3. The van der Waals surface area contributed by atoms with Crippen molar-refractivity contribution in [2.24, 2.45) is 0 Å². The molecule has 0 spiro atoms. The Bertz CT molecular complexity index is 582. The SMILES string of the molecule is Cc1cc(Sc2c(F)cc(N)cc2F)ncc1Br. The van der Waals surface area contributed by atoms with Gasteiger partial charge in [0.15, 0.2) is 0 Å².